The molecule has 3 aromatic carbocycles. The van der Waals surface area contributed by atoms with Crippen LogP contribution in [0.25, 0.3) is 45.1 Å². The first-order valence-corrected chi connectivity index (χ1v) is 14.1. The maximum atomic E-state index is 14.6. The van der Waals surface area contributed by atoms with Crippen LogP contribution in [0.4, 0.5) is 4.39 Å². The number of methoxy groups -OCH3 is 1. The molecular formula is C35H30FN5O3. The Labute approximate surface area is 253 Å². The molecule has 9 heteroatoms. The van der Waals surface area contributed by atoms with Crippen LogP contribution in [0.3, 0.4) is 0 Å². The molecule has 0 aliphatic carbocycles. The van der Waals surface area contributed by atoms with E-state index in [0.29, 0.717) is 57.2 Å². The minimum Gasteiger partial charge on any atom is -0.508 e. The molecule has 0 aliphatic rings. The first-order chi connectivity index (χ1) is 21.3. The molecular weight excluding hydrogens is 557 g/mol. The van der Waals surface area contributed by atoms with Crippen LogP contribution in [0.5, 0.6) is 17.2 Å². The fourth-order valence-electron chi connectivity index (χ4n) is 5.03. The molecule has 0 spiro atoms. The predicted molar refractivity (Wildman–Crippen MR) is 168 cm³/mol. The molecule has 0 aliphatic heterocycles. The highest BCUT2D eigenvalue weighted by Crippen LogP contribution is 2.38. The summed E-state index contributed by atoms with van der Waals surface area (Å²) in [5, 5.41) is 26.6. The normalized spacial score (nSPS) is 11.1. The molecule has 2 N–H and O–H groups in total. The predicted octanol–water partition coefficient (Wildman–Crippen LogP) is 7.34. The Bertz CT molecular complexity index is 2010. The lowest BCUT2D eigenvalue weighted by molar-refractivity contribution is 0.404. The van der Waals surface area contributed by atoms with Gasteiger partial charge in [-0.25, -0.2) is 24.0 Å². The van der Waals surface area contributed by atoms with Crippen molar-refractivity contribution in [1.29, 1.82) is 0 Å². The number of aromatic hydroxyl groups is 2. The lowest BCUT2D eigenvalue weighted by Gasteiger charge is -2.13. The van der Waals surface area contributed by atoms with E-state index in [2.05, 4.69) is 11.1 Å². The van der Waals surface area contributed by atoms with Gasteiger partial charge in [-0.1, -0.05) is 29.8 Å². The van der Waals surface area contributed by atoms with Crippen molar-refractivity contribution in [3.05, 3.63) is 114 Å². The van der Waals surface area contributed by atoms with E-state index in [1.54, 1.807) is 78.7 Å². The molecule has 6 aromatic rings. The fourth-order valence-corrected chi connectivity index (χ4v) is 5.03. The van der Waals surface area contributed by atoms with Crippen LogP contribution in [0.15, 0.2) is 96.7 Å². The summed E-state index contributed by atoms with van der Waals surface area (Å²) in [6, 6.07) is 22.2. The van der Waals surface area contributed by atoms with E-state index in [4.69, 9.17) is 19.8 Å². The second-order valence-electron chi connectivity index (χ2n) is 10.6. The van der Waals surface area contributed by atoms with E-state index in [9.17, 15) is 14.6 Å². The average molecular weight is 588 g/mol. The van der Waals surface area contributed by atoms with Gasteiger partial charge in [0.15, 0.2) is 11.5 Å². The second-order valence-corrected chi connectivity index (χ2v) is 10.6. The van der Waals surface area contributed by atoms with Crippen molar-refractivity contribution in [3.63, 3.8) is 0 Å². The number of phenols is 2. The summed E-state index contributed by atoms with van der Waals surface area (Å²) in [7, 11) is 1.57. The highest BCUT2D eigenvalue weighted by atomic mass is 19.1. The molecule has 0 amide bonds. The standard InChI is InChI=1S/C35H30FN5O3/c1-21(2)10-11-23-17-27(31(43)19-32(23)44-3)30-18-29(22-12-14-25(42)15-13-22)38-34(39-30)33-26-8-6-16-37-35(26)41(40-33)20-24-7-4-5-9-28(24)36/h4-10,12-19,42-43H,11,20H2,1-3H3. The second kappa shape index (κ2) is 12.0. The Morgan fingerprint density at radius 1 is 0.909 bits per heavy atom. The van der Waals surface area contributed by atoms with Crippen LogP contribution in [-0.4, -0.2) is 42.1 Å². The number of aromatic nitrogens is 5. The zero-order chi connectivity index (χ0) is 30.8. The Hall–Kier alpha value is -5.57. The molecule has 220 valence electrons. The Morgan fingerprint density at radius 2 is 1.68 bits per heavy atom. The van der Waals surface area contributed by atoms with E-state index in [1.807, 2.05) is 26.0 Å². The third-order valence-electron chi connectivity index (χ3n) is 7.29. The topological polar surface area (TPSA) is 106 Å². The zero-order valence-electron chi connectivity index (χ0n) is 24.5. The van der Waals surface area contributed by atoms with Gasteiger partial charge in [0.1, 0.15) is 28.8 Å². The summed E-state index contributed by atoms with van der Waals surface area (Å²) < 4.78 is 21.8. The van der Waals surface area contributed by atoms with Crippen molar-refractivity contribution in [1.82, 2.24) is 24.7 Å². The van der Waals surface area contributed by atoms with E-state index in [1.165, 1.54) is 6.07 Å². The first kappa shape index (κ1) is 28.5. The van der Waals surface area contributed by atoms with Crippen molar-refractivity contribution >= 4 is 11.0 Å². The number of hydrogen-bond donors (Lipinski definition) is 2. The van der Waals surface area contributed by atoms with Crippen LogP contribution in [0.1, 0.15) is 25.0 Å². The number of nitrogens with zero attached hydrogens (tertiary/aromatic N) is 5. The highest BCUT2D eigenvalue weighted by molar-refractivity contribution is 5.90. The van der Waals surface area contributed by atoms with Gasteiger partial charge in [-0.05, 0) is 80.4 Å². The fraction of sp³-hybridized carbons (Fsp3) is 0.143. The smallest absolute Gasteiger partial charge is 0.181 e. The number of fused-ring (bicyclic) bond motifs is 1. The molecule has 0 fully saturated rings. The van der Waals surface area contributed by atoms with Crippen molar-refractivity contribution in [2.45, 2.75) is 26.8 Å². The monoisotopic (exact) mass is 587 g/mol. The Balaban J connectivity index is 1.56. The summed E-state index contributed by atoms with van der Waals surface area (Å²) in [5.41, 5.74) is 5.80. The van der Waals surface area contributed by atoms with Crippen LogP contribution >= 0.6 is 0 Å². The maximum absolute atomic E-state index is 14.6. The molecule has 0 saturated heterocycles. The number of rotatable bonds is 8. The molecule has 0 atom stereocenters. The number of allylic oxidation sites excluding steroid dienone is 2. The van der Waals surface area contributed by atoms with Gasteiger partial charge in [0, 0.05) is 29.0 Å². The average Bonchev–Trinajstić information content (AvgIpc) is 3.39. The summed E-state index contributed by atoms with van der Waals surface area (Å²) in [6.45, 7) is 4.22. The van der Waals surface area contributed by atoms with Crippen molar-refractivity contribution < 1.29 is 19.3 Å². The first-order valence-electron chi connectivity index (χ1n) is 14.1. The Morgan fingerprint density at radius 3 is 2.43 bits per heavy atom. The lowest BCUT2D eigenvalue weighted by atomic mass is 10.0. The van der Waals surface area contributed by atoms with Gasteiger partial charge in [-0.3, -0.25) is 0 Å². The number of phenolic OH excluding ortho intramolecular Hbond substituents is 2. The molecule has 44 heavy (non-hydrogen) atoms. The molecule has 6 rings (SSSR count). The van der Waals surface area contributed by atoms with Gasteiger partial charge in [-0.2, -0.15) is 5.10 Å². The maximum Gasteiger partial charge on any atom is 0.181 e. The molecule has 8 nitrogen and oxygen atoms in total. The molecule has 0 saturated carbocycles. The van der Waals surface area contributed by atoms with Crippen LogP contribution in [0.2, 0.25) is 0 Å². The summed E-state index contributed by atoms with van der Waals surface area (Å²) in [5.74, 6) is 0.669. The van der Waals surface area contributed by atoms with Crippen molar-refractivity contribution in [2.24, 2.45) is 0 Å². The van der Waals surface area contributed by atoms with Gasteiger partial charge in [0.2, 0.25) is 0 Å². The molecule has 3 heterocycles. The van der Waals surface area contributed by atoms with E-state index in [-0.39, 0.29) is 23.9 Å². The number of halogens is 1. The van der Waals surface area contributed by atoms with Gasteiger partial charge in [0.25, 0.3) is 0 Å². The van der Waals surface area contributed by atoms with Crippen LogP contribution in [-0.2, 0) is 13.0 Å². The molecule has 0 radical (unpaired) electrons. The van der Waals surface area contributed by atoms with E-state index < -0.39 is 0 Å². The lowest BCUT2D eigenvalue weighted by Crippen LogP contribution is -2.05. The van der Waals surface area contributed by atoms with Gasteiger partial charge in [-0.15, -0.1) is 0 Å². The zero-order valence-corrected chi connectivity index (χ0v) is 24.5. The third kappa shape index (κ3) is 5.72. The summed E-state index contributed by atoms with van der Waals surface area (Å²) in [6.07, 6.45) is 4.36. The molecule has 0 unspecified atom stereocenters. The van der Waals surface area contributed by atoms with E-state index >= 15 is 0 Å². The SMILES string of the molecule is COc1cc(O)c(-c2cc(-c3ccc(O)cc3)nc(-c3nn(Cc4ccccc4F)c4ncccc34)n2)cc1CC=C(C)C. The van der Waals surface area contributed by atoms with Crippen molar-refractivity contribution in [2.75, 3.05) is 7.11 Å². The molecule has 3 aromatic heterocycles. The summed E-state index contributed by atoms with van der Waals surface area (Å²) >= 11 is 0. The summed E-state index contributed by atoms with van der Waals surface area (Å²) in [4.78, 5) is 14.3. The largest absolute Gasteiger partial charge is 0.508 e. The number of ether oxygens (including phenoxy) is 1. The third-order valence-corrected chi connectivity index (χ3v) is 7.29. The Kier molecular flexibility index (Phi) is 7.76. The van der Waals surface area contributed by atoms with Crippen molar-refractivity contribution in [3.8, 4) is 51.3 Å². The minimum atomic E-state index is -0.333. The number of benzene rings is 3. The van der Waals surface area contributed by atoms with E-state index in [0.717, 1.165) is 16.7 Å². The number of pyridine rings is 1. The number of hydrogen-bond acceptors (Lipinski definition) is 7. The van der Waals surface area contributed by atoms with Gasteiger partial charge in [0.05, 0.1) is 30.4 Å². The van der Waals surface area contributed by atoms with Crippen LogP contribution in [0, 0.1) is 5.82 Å². The van der Waals surface area contributed by atoms with Gasteiger partial charge >= 0.3 is 0 Å². The molecule has 0 bridgehead atoms. The minimum absolute atomic E-state index is 0.000660. The van der Waals surface area contributed by atoms with Crippen LogP contribution < -0.4 is 4.74 Å². The highest BCUT2D eigenvalue weighted by Gasteiger charge is 2.21. The van der Waals surface area contributed by atoms with Gasteiger partial charge < -0.3 is 14.9 Å². The quantitative estimate of drug-likeness (QED) is 0.180.